The fourth-order valence-corrected chi connectivity index (χ4v) is 8.84. The summed E-state index contributed by atoms with van der Waals surface area (Å²) in [5.74, 6) is -0.620. The number of ether oxygens (including phenoxy) is 1. The zero-order chi connectivity index (χ0) is 50.2. The molecule has 0 aliphatic heterocycles. The third-order valence-corrected chi connectivity index (χ3v) is 13.3. The second-order valence-electron chi connectivity index (χ2n) is 20.0. The Labute approximate surface area is 428 Å². The normalized spacial score (nSPS) is 13.6. The van der Waals surface area contributed by atoms with Crippen molar-refractivity contribution in [3.63, 3.8) is 0 Å². The van der Waals surface area contributed by atoms with Crippen molar-refractivity contribution in [3.05, 3.63) is 72.9 Å². The third-order valence-electron chi connectivity index (χ3n) is 13.3. The minimum atomic E-state index is -0.822. The molecule has 3 unspecified atom stereocenters. The molecule has 0 radical (unpaired) electrons. The van der Waals surface area contributed by atoms with Crippen LogP contribution in [0.5, 0.6) is 0 Å². The van der Waals surface area contributed by atoms with E-state index < -0.39 is 18.2 Å². The number of carbonyl (C=O) groups is 2. The molecule has 3 N–H and O–H groups in total. The van der Waals surface area contributed by atoms with Crippen LogP contribution >= 0.6 is 0 Å². The summed E-state index contributed by atoms with van der Waals surface area (Å²) in [4.78, 5) is 26.2. The number of amides is 1. The Kier molecular flexibility index (Phi) is 54.0. The highest BCUT2D eigenvalue weighted by Crippen LogP contribution is 2.17. The molecule has 0 saturated heterocycles. The molecular formula is C63H113NO5. The fraction of sp³-hybridized carbons (Fsp3) is 0.778. The SMILES string of the molecule is CC/C=C\C/C=C\C/C=C\C/C=C\C/C=C\C/C=C\C(CC(=O)NC(CO)C(O)CCCCCCCCCCCCCCCCC)OC(=O)CCCCCCCCCCCCCCCCCCCC. The molecule has 0 heterocycles. The van der Waals surface area contributed by atoms with E-state index in [1.165, 1.54) is 173 Å². The minimum absolute atomic E-state index is 0.0464. The van der Waals surface area contributed by atoms with Gasteiger partial charge in [0.05, 0.1) is 25.2 Å². The lowest BCUT2D eigenvalue weighted by Gasteiger charge is -2.23. The quantitative estimate of drug-likeness (QED) is 0.0321. The lowest BCUT2D eigenvalue weighted by Crippen LogP contribution is -2.46. The predicted octanol–water partition coefficient (Wildman–Crippen LogP) is 18.5. The van der Waals surface area contributed by atoms with Crippen LogP contribution < -0.4 is 5.32 Å². The molecule has 3 atom stereocenters. The molecule has 0 aromatic carbocycles. The fourth-order valence-electron chi connectivity index (χ4n) is 8.84. The van der Waals surface area contributed by atoms with E-state index in [4.69, 9.17) is 4.74 Å². The number of unbranched alkanes of at least 4 members (excludes halogenated alkanes) is 31. The van der Waals surface area contributed by atoms with Gasteiger partial charge >= 0.3 is 5.97 Å². The van der Waals surface area contributed by atoms with Gasteiger partial charge in [-0.2, -0.15) is 0 Å². The van der Waals surface area contributed by atoms with Crippen LogP contribution in [0.4, 0.5) is 0 Å². The van der Waals surface area contributed by atoms with Crippen LogP contribution in [0.1, 0.15) is 290 Å². The third kappa shape index (κ3) is 51.5. The van der Waals surface area contributed by atoms with Crippen LogP contribution in [-0.2, 0) is 14.3 Å². The summed E-state index contributed by atoms with van der Waals surface area (Å²) in [5.41, 5.74) is 0. The summed E-state index contributed by atoms with van der Waals surface area (Å²) < 4.78 is 5.86. The van der Waals surface area contributed by atoms with Crippen molar-refractivity contribution in [1.82, 2.24) is 5.32 Å². The highest BCUT2D eigenvalue weighted by molar-refractivity contribution is 5.78. The highest BCUT2D eigenvalue weighted by Gasteiger charge is 2.23. The predicted molar refractivity (Wildman–Crippen MR) is 301 cm³/mol. The van der Waals surface area contributed by atoms with Crippen LogP contribution in [0.2, 0.25) is 0 Å². The van der Waals surface area contributed by atoms with Gasteiger partial charge in [0.1, 0.15) is 6.10 Å². The largest absolute Gasteiger partial charge is 0.458 e. The lowest BCUT2D eigenvalue weighted by molar-refractivity contribution is -0.148. The summed E-state index contributed by atoms with van der Waals surface area (Å²) in [5, 5.41) is 23.8. The van der Waals surface area contributed by atoms with Gasteiger partial charge in [-0.15, -0.1) is 0 Å². The maximum absolute atomic E-state index is 13.2. The molecule has 400 valence electrons. The van der Waals surface area contributed by atoms with Gasteiger partial charge in [0.25, 0.3) is 0 Å². The van der Waals surface area contributed by atoms with Crippen molar-refractivity contribution in [2.24, 2.45) is 0 Å². The summed E-state index contributed by atoms with van der Waals surface area (Å²) in [6, 6.07) is -0.745. The Morgan fingerprint density at radius 3 is 1.10 bits per heavy atom. The number of aliphatic hydroxyl groups is 2. The standard InChI is InChI=1S/C63H113NO5/c1-4-7-10-13-16-19-22-25-28-30-32-35-38-41-44-47-50-53-56-63(68)69-59(54-51-48-45-42-39-36-34-31-29-26-23-20-17-14-11-8-5-2)57-62(67)64-60(58-65)61(66)55-52-49-46-43-40-37-33-27-24-21-18-15-12-9-6-3/h8,11,17,20,26,29,34,36,42,45,51,54,59-61,65-66H,4-7,9-10,12-16,18-19,21-25,27-28,30-33,35,37-41,43-44,46-50,52-53,55-58H2,1-3H3,(H,64,67)/b11-8-,20-17-,29-26-,36-34-,45-42-,54-51-. The first-order chi connectivity index (χ1) is 34.0. The Hall–Kier alpha value is -2.70. The molecule has 0 saturated carbocycles. The molecule has 0 aliphatic carbocycles. The van der Waals surface area contributed by atoms with E-state index in [0.717, 1.165) is 70.6 Å². The van der Waals surface area contributed by atoms with Crippen molar-refractivity contribution < 1.29 is 24.5 Å². The molecule has 6 heteroatoms. The zero-order valence-electron chi connectivity index (χ0n) is 45.7. The summed E-state index contributed by atoms with van der Waals surface area (Å²) in [6.07, 6.45) is 72.9. The van der Waals surface area contributed by atoms with Gasteiger partial charge < -0.3 is 20.3 Å². The summed E-state index contributed by atoms with van der Waals surface area (Å²) in [7, 11) is 0. The van der Waals surface area contributed by atoms with E-state index in [1.54, 1.807) is 0 Å². The highest BCUT2D eigenvalue weighted by atomic mass is 16.5. The van der Waals surface area contributed by atoms with E-state index >= 15 is 0 Å². The second kappa shape index (κ2) is 56.2. The number of nitrogens with one attached hydrogen (secondary N) is 1. The average molecular weight is 965 g/mol. The lowest BCUT2D eigenvalue weighted by atomic mass is 10.0. The monoisotopic (exact) mass is 964 g/mol. The van der Waals surface area contributed by atoms with E-state index in [9.17, 15) is 19.8 Å². The van der Waals surface area contributed by atoms with E-state index in [-0.39, 0.29) is 24.9 Å². The van der Waals surface area contributed by atoms with E-state index in [0.29, 0.717) is 19.3 Å². The molecule has 1 amide bonds. The smallest absolute Gasteiger partial charge is 0.306 e. The van der Waals surface area contributed by atoms with Gasteiger partial charge in [-0.3, -0.25) is 9.59 Å². The van der Waals surface area contributed by atoms with Crippen LogP contribution in [-0.4, -0.2) is 46.9 Å². The topological polar surface area (TPSA) is 95.9 Å². The number of carbonyl (C=O) groups excluding carboxylic acids is 2. The molecule has 0 spiro atoms. The molecule has 0 bridgehead atoms. The first kappa shape index (κ1) is 66.3. The number of rotatable bonds is 53. The van der Waals surface area contributed by atoms with Crippen LogP contribution in [0.15, 0.2) is 72.9 Å². The Morgan fingerprint density at radius 1 is 0.435 bits per heavy atom. The zero-order valence-corrected chi connectivity index (χ0v) is 45.7. The summed E-state index contributed by atoms with van der Waals surface area (Å²) in [6.45, 7) is 6.37. The minimum Gasteiger partial charge on any atom is -0.458 e. The van der Waals surface area contributed by atoms with Gasteiger partial charge in [0.15, 0.2) is 0 Å². The van der Waals surface area contributed by atoms with Crippen molar-refractivity contribution >= 4 is 11.9 Å². The Balaban J connectivity index is 4.68. The molecule has 0 fully saturated rings. The molecule has 0 rings (SSSR count). The maximum Gasteiger partial charge on any atom is 0.306 e. The van der Waals surface area contributed by atoms with Crippen molar-refractivity contribution in [2.75, 3.05) is 6.61 Å². The molecule has 0 aromatic rings. The second-order valence-corrected chi connectivity index (χ2v) is 20.0. The van der Waals surface area contributed by atoms with Gasteiger partial charge in [0.2, 0.25) is 5.91 Å². The van der Waals surface area contributed by atoms with E-state index in [1.807, 2.05) is 12.2 Å². The van der Waals surface area contributed by atoms with Crippen LogP contribution in [0.3, 0.4) is 0 Å². The first-order valence-corrected chi connectivity index (χ1v) is 29.7. The molecule has 69 heavy (non-hydrogen) atoms. The van der Waals surface area contributed by atoms with Gasteiger partial charge in [-0.25, -0.2) is 0 Å². The van der Waals surface area contributed by atoms with Crippen molar-refractivity contribution in [2.45, 2.75) is 309 Å². The summed E-state index contributed by atoms with van der Waals surface area (Å²) >= 11 is 0. The molecule has 0 aliphatic rings. The Bertz CT molecular complexity index is 1270. The van der Waals surface area contributed by atoms with Crippen molar-refractivity contribution in [1.29, 1.82) is 0 Å². The van der Waals surface area contributed by atoms with Gasteiger partial charge in [0, 0.05) is 6.42 Å². The molecule has 0 aromatic heterocycles. The first-order valence-electron chi connectivity index (χ1n) is 29.7. The van der Waals surface area contributed by atoms with Gasteiger partial charge in [-0.1, -0.05) is 293 Å². The van der Waals surface area contributed by atoms with Crippen molar-refractivity contribution in [3.8, 4) is 0 Å². The number of allylic oxidation sites excluding steroid dienone is 11. The average Bonchev–Trinajstić information content (AvgIpc) is 3.34. The van der Waals surface area contributed by atoms with Crippen LogP contribution in [0.25, 0.3) is 0 Å². The number of hydrogen-bond donors (Lipinski definition) is 3. The number of esters is 1. The molecule has 6 nitrogen and oxygen atoms in total. The maximum atomic E-state index is 13.2. The van der Waals surface area contributed by atoms with Gasteiger partial charge in [-0.05, 0) is 57.4 Å². The van der Waals surface area contributed by atoms with E-state index in [2.05, 4.69) is 86.8 Å². The van der Waals surface area contributed by atoms with Crippen LogP contribution in [0, 0.1) is 0 Å². The Morgan fingerprint density at radius 2 is 0.754 bits per heavy atom. The number of aliphatic hydroxyl groups excluding tert-OH is 2. The number of hydrogen-bond acceptors (Lipinski definition) is 5. The molecular weight excluding hydrogens is 851 g/mol.